The second kappa shape index (κ2) is 5.89. The second-order valence-corrected chi connectivity index (χ2v) is 6.58. The molecule has 1 saturated heterocycles. The maximum absolute atomic E-state index is 12.3. The van der Waals surface area contributed by atoms with Gasteiger partial charge < -0.3 is 5.32 Å². The quantitative estimate of drug-likeness (QED) is 0.799. The molecule has 1 aromatic rings. The molecular weight excluding hydrogens is 266 g/mol. The van der Waals surface area contributed by atoms with Crippen molar-refractivity contribution in [2.24, 2.45) is 13.0 Å². The lowest BCUT2D eigenvalue weighted by Gasteiger charge is -2.31. The number of nitrogens with zero attached hydrogens (tertiary/aromatic N) is 3. The minimum Gasteiger partial charge on any atom is -0.319 e. The first-order valence-corrected chi connectivity index (χ1v) is 7.87. The van der Waals surface area contributed by atoms with E-state index >= 15 is 0 Å². The van der Waals surface area contributed by atoms with Crippen molar-refractivity contribution >= 4 is 16.0 Å². The molecule has 108 valence electrons. The molecule has 0 bridgehead atoms. The normalized spacial score (nSPS) is 21.5. The molecule has 0 spiro atoms. The van der Waals surface area contributed by atoms with Gasteiger partial charge in [-0.15, -0.1) is 0 Å². The van der Waals surface area contributed by atoms with E-state index in [4.69, 9.17) is 0 Å². The fraction of sp³-hybridized carbons (Fsp3) is 0.727. The van der Waals surface area contributed by atoms with Crippen LogP contribution >= 0.6 is 0 Å². The highest BCUT2D eigenvalue weighted by Crippen LogP contribution is 2.19. The Balaban J connectivity index is 2.02. The zero-order valence-electron chi connectivity index (χ0n) is 11.3. The van der Waals surface area contributed by atoms with Crippen LogP contribution in [0.4, 0.5) is 5.82 Å². The molecule has 1 unspecified atom stereocenters. The third-order valence-corrected chi connectivity index (χ3v) is 4.74. The summed E-state index contributed by atoms with van der Waals surface area (Å²) in [6, 6.07) is 1.65. The number of hydrogen-bond donors (Lipinski definition) is 2. The van der Waals surface area contributed by atoms with E-state index in [2.05, 4.69) is 15.1 Å². The van der Waals surface area contributed by atoms with Crippen LogP contribution in [0.3, 0.4) is 0 Å². The van der Waals surface area contributed by atoms with Gasteiger partial charge in [-0.2, -0.15) is 17.8 Å². The van der Waals surface area contributed by atoms with Crippen molar-refractivity contribution in [2.45, 2.75) is 12.8 Å². The highest BCUT2D eigenvalue weighted by Gasteiger charge is 2.28. The molecule has 0 aromatic carbocycles. The minimum atomic E-state index is -3.49. The third kappa shape index (κ3) is 3.68. The van der Waals surface area contributed by atoms with Crippen LogP contribution in [0.2, 0.25) is 0 Å². The van der Waals surface area contributed by atoms with E-state index in [1.54, 1.807) is 24.0 Å². The number of hydrogen-bond acceptors (Lipinski definition) is 4. The molecule has 7 nitrogen and oxygen atoms in total. The van der Waals surface area contributed by atoms with E-state index in [1.807, 2.05) is 7.05 Å². The standard InChI is InChI=1S/C11H21N5O2S/c1-12-8-10-4-3-6-16(9-10)19(17,18)14-11-5-7-15(2)13-11/h5,7,10,12H,3-4,6,8-9H2,1-2H3,(H,13,14). The molecule has 1 atom stereocenters. The van der Waals surface area contributed by atoms with Crippen LogP contribution in [0.25, 0.3) is 0 Å². The predicted octanol–water partition coefficient (Wildman–Crippen LogP) is 0.00820. The van der Waals surface area contributed by atoms with Crippen LogP contribution in [-0.4, -0.2) is 49.2 Å². The average Bonchev–Trinajstić information content (AvgIpc) is 2.75. The first-order chi connectivity index (χ1) is 9.01. The smallest absolute Gasteiger partial charge is 0.302 e. The van der Waals surface area contributed by atoms with Crippen LogP contribution in [0, 0.1) is 5.92 Å². The molecule has 2 rings (SSSR count). The Morgan fingerprint density at radius 1 is 1.53 bits per heavy atom. The Labute approximate surface area is 114 Å². The van der Waals surface area contributed by atoms with Crippen LogP contribution in [0.15, 0.2) is 12.3 Å². The summed E-state index contributed by atoms with van der Waals surface area (Å²) >= 11 is 0. The zero-order chi connectivity index (χ0) is 13.9. The van der Waals surface area contributed by atoms with Crippen molar-refractivity contribution in [1.82, 2.24) is 19.4 Å². The number of rotatable bonds is 5. The fourth-order valence-corrected chi connectivity index (χ4v) is 3.65. The summed E-state index contributed by atoms with van der Waals surface area (Å²) in [6.07, 6.45) is 3.67. The van der Waals surface area contributed by atoms with E-state index in [1.165, 1.54) is 4.31 Å². The van der Waals surface area contributed by atoms with Gasteiger partial charge in [-0.1, -0.05) is 0 Å². The number of nitrogens with one attached hydrogen (secondary N) is 2. The van der Waals surface area contributed by atoms with Crippen LogP contribution in [0.5, 0.6) is 0 Å². The number of anilines is 1. The molecular formula is C11H21N5O2S. The van der Waals surface area contributed by atoms with Crippen molar-refractivity contribution in [3.63, 3.8) is 0 Å². The molecule has 0 saturated carbocycles. The lowest BCUT2D eigenvalue weighted by molar-refractivity contribution is 0.264. The Morgan fingerprint density at radius 2 is 2.32 bits per heavy atom. The second-order valence-electron chi connectivity index (χ2n) is 4.91. The predicted molar refractivity (Wildman–Crippen MR) is 74.0 cm³/mol. The summed E-state index contributed by atoms with van der Waals surface area (Å²) in [5.41, 5.74) is 0. The van der Waals surface area contributed by atoms with E-state index < -0.39 is 10.2 Å². The van der Waals surface area contributed by atoms with Crippen molar-refractivity contribution < 1.29 is 8.42 Å². The molecule has 1 fully saturated rings. The molecule has 0 radical (unpaired) electrons. The third-order valence-electron chi connectivity index (χ3n) is 3.26. The van der Waals surface area contributed by atoms with Gasteiger partial charge in [0.05, 0.1) is 0 Å². The summed E-state index contributed by atoms with van der Waals surface area (Å²) in [5.74, 6) is 0.734. The minimum absolute atomic E-state index is 0.359. The van der Waals surface area contributed by atoms with Gasteiger partial charge in [-0.05, 0) is 32.4 Å². The summed E-state index contributed by atoms with van der Waals surface area (Å²) in [5, 5.41) is 7.14. The lowest BCUT2D eigenvalue weighted by Crippen LogP contribution is -2.44. The molecule has 19 heavy (non-hydrogen) atoms. The largest absolute Gasteiger partial charge is 0.319 e. The van der Waals surface area contributed by atoms with Crippen LogP contribution in [-0.2, 0) is 17.3 Å². The topological polar surface area (TPSA) is 79.3 Å². The number of aryl methyl sites for hydroxylation is 1. The monoisotopic (exact) mass is 287 g/mol. The summed E-state index contributed by atoms with van der Waals surface area (Å²) in [7, 11) is 0.146. The summed E-state index contributed by atoms with van der Waals surface area (Å²) in [6.45, 7) is 1.97. The van der Waals surface area contributed by atoms with Gasteiger partial charge in [0.2, 0.25) is 0 Å². The zero-order valence-corrected chi connectivity index (χ0v) is 12.2. The Kier molecular flexibility index (Phi) is 4.43. The molecule has 2 heterocycles. The summed E-state index contributed by atoms with van der Waals surface area (Å²) in [4.78, 5) is 0. The van der Waals surface area contributed by atoms with Crippen molar-refractivity contribution in [3.05, 3.63) is 12.3 Å². The Hall–Kier alpha value is -1.12. The molecule has 8 heteroatoms. The highest BCUT2D eigenvalue weighted by atomic mass is 32.2. The van der Waals surface area contributed by atoms with Crippen LogP contribution in [0.1, 0.15) is 12.8 Å². The van der Waals surface area contributed by atoms with E-state index in [9.17, 15) is 8.42 Å². The maximum atomic E-state index is 12.3. The van der Waals surface area contributed by atoms with E-state index in [0.717, 1.165) is 19.4 Å². The molecule has 1 aliphatic heterocycles. The Morgan fingerprint density at radius 3 is 2.95 bits per heavy atom. The SMILES string of the molecule is CNCC1CCCN(S(=O)(=O)Nc2ccn(C)n2)C1. The average molecular weight is 287 g/mol. The molecule has 2 N–H and O–H groups in total. The van der Waals surface area contributed by atoms with Gasteiger partial charge in [0, 0.05) is 32.4 Å². The van der Waals surface area contributed by atoms with Crippen molar-refractivity contribution in [2.75, 3.05) is 31.4 Å². The molecule has 0 amide bonds. The molecule has 1 aliphatic rings. The van der Waals surface area contributed by atoms with E-state index in [-0.39, 0.29) is 0 Å². The number of aromatic nitrogens is 2. The first kappa shape index (κ1) is 14.3. The summed E-state index contributed by atoms with van der Waals surface area (Å²) < 4.78 is 30.1. The van der Waals surface area contributed by atoms with Crippen LogP contribution < -0.4 is 10.0 Å². The molecule has 0 aliphatic carbocycles. The number of piperidine rings is 1. The highest BCUT2D eigenvalue weighted by molar-refractivity contribution is 7.90. The van der Waals surface area contributed by atoms with Gasteiger partial charge in [0.15, 0.2) is 5.82 Å². The first-order valence-electron chi connectivity index (χ1n) is 6.43. The van der Waals surface area contributed by atoms with E-state index in [0.29, 0.717) is 24.8 Å². The van der Waals surface area contributed by atoms with Gasteiger partial charge in [-0.3, -0.25) is 9.40 Å². The van der Waals surface area contributed by atoms with Gasteiger partial charge in [-0.25, -0.2) is 0 Å². The van der Waals surface area contributed by atoms with Gasteiger partial charge in [0.1, 0.15) is 0 Å². The Bertz CT molecular complexity index is 511. The fourth-order valence-electron chi connectivity index (χ4n) is 2.37. The molecule has 1 aromatic heterocycles. The lowest BCUT2D eigenvalue weighted by atomic mass is 10.00. The van der Waals surface area contributed by atoms with Gasteiger partial charge in [0.25, 0.3) is 0 Å². The van der Waals surface area contributed by atoms with Crippen molar-refractivity contribution in [3.8, 4) is 0 Å². The van der Waals surface area contributed by atoms with Gasteiger partial charge >= 0.3 is 10.2 Å². The maximum Gasteiger partial charge on any atom is 0.302 e. The van der Waals surface area contributed by atoms with Crippen molar-refractivity contribution in [1.29, 1.82) is 0 Å².